The molecule has 2 unspecified atom stereocenters. The van der Waals surface area contributed by atoms with Crippen LogP contribution in [0.5, 0.6) is 0 Å². The van der Waals surface area contributed by atoms with Gasteiger partial charge in [0.25, 0.3) is 0 Å². The molecule has 0 aliphatic carbocycles. The van der Waals surface area contributed by atoms with Crippen molar-refractivity contribution in [3.63, 3.8) is 0 Å². The Kier molecular flexibility index (Phi) is 3.25. The van der Waals surface area contributed by atoms with Crippen molar-refractivity contribution in [3.8, 4) is 0 Å². The minimum absolute atomic E-state index is 0.119. The second kappa shape index (κ2) is 4.66. The third-order valence-corrected chi connectivity index (χ3v) is 3.37. The molecule has 86 valence electrons. The molecule has 0 bridgehead atoms. The predicted molar refractivity (Wildman–Crippen MR) is 62.6 cm³/mol. The number of aryl methyl sites for hydroxylation is 1. The first kappa shape index (κ1) is 11.1. The molecule has 1 aliphatic heterocycles. The van der Waals surface area contributed by atoms with E-state index >= 15 is 0 Å². The van der Waals surface area contributed by atoms with Crippen LogP contribution >= 0.6 is 0 Å². The van der Waals surface area contributed by atoms with Gasteiger partial charge in [0.1, 0.15) is 0 Å². The van der Waals surface area contributed by atoms with Gasteiger partial charge < -0.3 is 10.4 Å². The molecular weight excluding hydrogens is 202 g/mol. The second-order valence-electron chi connectivity index (χ2n) is 4.26. The zero-order chi connectivity index (χ0) is 11.5. The van der Waals surface area contributed by atoms with E-state index in [0.717, 1.165) is 13.0 Å². The summed E-state index contributed by atoms with van der Waals surface area (Å²) in [6.45, 7) is 3.46. The molecule has 0 radical (unpaired) electrons. The molecule has 1 fully saturated rings. The minimum atomic E-state index is -0.694. The topological polar surface area (TPSA) is 49.3 Å². The number of hydrogen-bond acceptors (Lipinski definition) is 2. The normalized spacial score (nSPS) is 24.6. The molecule has 1 heterocycles. The van der Waals surface area contributed by atoms with Crippen molar-refractivity contribution >= 4 is 5.97 Å². The van der Waals surface area contributed by atoms with Crippen molar-refractivity contribution in [3.05, 3.63) is 35.4 Å². The maximum absolute atomic E-state index is 11.1. The molecule has 3 nitrogen and oxygen atoms in total. The van der Waals surface area contributed by atoms with Crippen molar-refractivity contribution in [1.29, 1.82) is 0 Å². The Morgan fingerprint density at radius 2 is 2.19 bits per heavy atom. The lowest BCUT2D eigenvalue weighted by molar-refractivity contribution is -0.141. The molecule has 1 aromatic carbocycles. The highest BCUT2D eigenvalue weighted by Crippen LogP contribution is 2.30. The Hall–Kier alpha value is -1.35. The summed E-state index contributed by atoms with van der Waals surface area (Å²) in [5, 5.41) is 12.3. The number of hydrogen-bond donors (Lipinski definition) is 2. The van der Waals surface area contributed by atoms with Gasteiger partial charge in [-0.3, -0.25) is 4.79 Å². The van der Waals surface area contributed by atoms with Gasteiger partial charge in [-0.2, -0.15) is 0 Å². The maximum Gasteiger partial charge on any atom is 0.308 e. The Morgan fingerprint density at radius 3 is 2.88 bits per heavy atom. The second-order valence-corrected chi connectivity index (χ2v) is 4.26. The zero-order valence-electron chi connectivity index (χ0n) is 9.44. The van der Waals surface area contributed by atoms with Crippen LogP contribution in [0.2, 0.25) is 0 Å². The molecule has 0 saturated carbocycles. The first-order chi connectivity index (χ1) is 7.74. The van der Waals surface area contributed by atoms with Crippen LogP contribution in [-0.4, -0.2) is 24.2 Å². The quantitative estimate of drug-likeness (QED) is 0.812. The molecule has 2 rings (SSSR count). The molecule has 0 spiro atoms. The van der Waals surface area contributed by atoms with Gasteiger partial charge in [0.05, 0.1) is 5.92 Å². The summed E-state index contributed by atoms with van der Waals surface area (Å²) in [6.07, 6.45) is 0.957. The van der Waals surface area contributed by atoms with Crippen molar-refractivity contribution in [1.82, 2.24) is 5.32 Å². The summed E-state index contributed by atoms with van der Waals surface area (Å²) < 4.78 is 0. The summed E-state index contributed by atoms with van der Waals surface area (Å²) in [5.41, 5.74) is 2.46. The molecule has 1 saturated heterocycles. The average molecular weight is 219 g/mol. The smallest absolute Gasteiger partial charge is 0.308 e. The molecule has 1 aliphatic rings. The van der Waals surface area contributed by atoms with Gasteiger partial charge >= 0.3 is 5.97 Å². The van der Waals surface area contributed by atoms with Gasteiger partial charge in [-0.25, -0.2) is 0 Å². The van der Waals surface area contributed by atoms with Crippen LogP contribution in [0.25, 0.3) is 0 Å². The first-order valence-corrected chi connectivity index (χ1v) is 5.75. The lowest BCUT2D eigenvalue weighted by Crippen LogP contribution is -2.21. The molecule has 1 aromatic rings. The molecular formula is C13H17NO2. The number of nitrogens with one attached hydrogen (secondary N) is 1. The lowest BCUT2D eigenvalue weighted by Gasteiger charge is -2.18. The molecule has 3 heteroatoms. The fourth-order valence-corrected chi connectivity index (χ4v) is 2.48. The highest BCUT2D eigenvalue weighted by atomic mass is 16.4. The van der Waals surface area contributed by atoms with Crippen molar-refractivity contribution < 1.29 is 9.90 Å². The fourth-order valence-electron chi connectivity index (χ4n) is 2.48. The summed E-state index contributed by atoms with van der Waals surface area (Å²) in [7, 11) is 0. The molecule has 2 atom stereocenters. The van der Waals surface area contributed by atoms with Crippen LogP contribution in [0.3, 0.4) is 0 Å². The van der Waals surface area contributed by atoms with Crippen LogP contribution < -0.4 is 5.32 Å². The van der Waals surface area contributed by atoms with E-state index in [-0.39, 0.29) is 11.8 Å². The third-order valence-electron chi connectivity index (χ3n) is 3.37. The monoisotopic (exact) mass is 219 g/mol. The van der Waals surface area contributed by atoms with Crippen LogP contribution in [0.1, 0.15) is 24.0 Å². The maximum atomic E-state index is 11.1. The van der Waals surface area contributed by atoms with E-state index in [1.165, 1.54) is 11.1 Å². The SMILES string of the molecule is CCc1ccccc1C1CNCC1C(=O)O. The Bertz CT molecular complexity index is 389. The average Bonchev–Trinajstić information content (AvgIpc) is 2.77. The molecule has 2 N–H and O–H groups in total. The molecule has 0 aromatic heterocycles. The zero-order valence-corrected chi connectivity index (χ0v) is 9.44. The summed E-state index contributed by atoms with van der Waals surface area (Å²) in [6, 6.07) is 8.16. The third kappa shape index (κ3) is 1.95. The van der Waals surface area contributed by atoms with E-state index in [1.54, 1.807) is 0 Å². The number of carbonyl (C=O) groups is 1. The van der Waals surface area contributed by atoms with Gasteiger partial charge in [0, 0.05) is 19.0 Å². The molecule has 0 amide bonds. The van der Waals surface area contributed by atoms with Gasteiger partial charge in [-0.15, -0.1) is 0 Å². The number of rotatable bonds is 3. The Labute approximate surface area is 95.5 Å². The lowest BCUT2D eigenvalue weighted by atomic mass is 9.85. The summed E-state index contributed by atoms with van der Waals surface area (Å²) >= 11 is 0. The highest BCUT2D eigenvalue weighted by Gasteiger charge is 2.34. The Morgan fingerprint density at radius 1 is 1.44 bits per heavy atom. The summed E-state index contributed by atoms with van der Waals surface area (Å²) in [5.74, 6) is -0.859. The van der Waals surface area contributed by atoms with E-state index < -0.39 is 5.97 Å². The standard InChI is InChI=1S/C13H17NO2/c1-2-9-5-3-4-6-10(9)11-7-14-8-12(11)13(15)16/h3-6,11-12,14H,2,7-8H2,1H3,(H,15,16). The Balaban J connectivity index is 2.32. The number of carboxylic acid groups (broad SMARTS) is 1. The van der Waals surface area contributed by atoms with E-state index in [1.807, 2.05) is 12.1 Å². The van der Waals surface area contributed by atoms with E-state index in [4.69, 9.17) is 5.11 Å². The van der Waals surface area contributed by atoms with Crippen LogP contribution in [0, 0.1) is 5.92 Å². The first-order valence-electron chi connectivity index (χ1n) is 5.75. The van der Waals surface area contributed by atoms with Gasteiger partial charge in [-0.1, -0.05) is 31.2 Å². The van der Waals surface area contributed by atoms with E-state index in [9.17, 15) is 4.79 Å². The number of aliphatic carboxylic acids is 1. The van der Waals surface area contributed by atoms with Crippen LogP contribution in [0.15, 0.2) is 24.3 Å². The van der Waals surface area contributed by atoms with E-state index in [0.29, 0.717) is 6.54 Å². The van der Waals surface area contributed by atoms with Crippen LogP contribution in [-0.2, 0) is 11.2 Å². The van der Waals surface area contributed by atoms with E-state index in [2.05, 4.69) is 24.4 Å². The highest BCUT2D eigenvalue weighted by molar-refractivity contribution is 5.72. The molecule has 16 heavy (non-hydrogen) atoms. The van der Waals surface area contributed by atoms with Crippen LogP contribution in [0.4, 0.5) is 0 Å². The van der Waals surface area contributed by atoms with Gasteiger partial charge in [0.15, 0.2) is 0 Å². The number of benzene rings is 1. The summed E-state index contributed by atoms with van der Waals surface area (Å²) in [4.78, 5) is 11.1. The van der Waals surface area contributed by atoms with Crippen molar-refractivity contribution in [2.45, 2.75) is 19.3 Å². The largest absolute Gasteiger partial charge is 0.481 e. The fraction of sp³-hybridized carbons (Fsp3) is 0.462. The predicted octanol–water partition coefficient (Wildman–Crippen LogP) is 1.64. The van der Waals surface area contributed by atoms with Gasteiger partial charge in [0.2, 0.25) is 0 Å². The van der Waals surface area contributed by atoms with Crippen molar-refractivity contribution in [2.24, 2.45) is 5.92 Å². The van der Waals surface area contributed by atoms with Gasteiger partial charge in [-0.05, 0) is 17.5 Å². The minimum Gasteiger partial charge on any atom is -0.481 e. The van der Waals surface area contributed by atoms with Crippen molar-refractivity contribution in [2.75, 3.05) is 13.1 Å². The number of carboxylic acids is 1.